The molecule has 0 fully saturated rings. The van der Waals surface area contributed by atoms with E-state index in [0.29, 0.717) is 28.5 Å². The Balaban J connectivity index is 1.78. The van der Waals surface area contributed by atoms with Crippen molar-refractivity contribution in [1.82, 2.24) is 9.97 Å². The van der Waals surface area contributed by atoms with Crippen molar-refractivity contribution in [2.45, 2.75) is 6.92 Å². The van der Waals surface area contributed by atoms with E-state index < -0.39 is 11.9 Å². The molecule has 1 amide bonds. The zero-order valence-electron chi connectivity index (χ0n) is 16.0. The average molecular weight is 392 g/mol. The second-order valence-electron chi connectivity index (χ2n) is 5.87. The van der Waals surface area contributed by atoms with Crippen molar-refractivity contribution in [2.75, 3.05) is 24.4 Å². The number of amides is 1. The number of anilines is 3. The van der Waals surface area contributed by atoms with Gasteiger partial charge in [0.2, 0.25) is 0 Å². The normalized spacial score (nSPS) is 10.1. The largest absolute Gasteiger partial charge is 0.497 e. The van der Waals surface area contributed by atoms with Crippen LogP contribution in [0.15, 0.2) is 60.9 Å². The number of ether oxygens (including phenoxy) is 2. The van der Waals surface area contributed by atoms with E-state index in [4.69, 9.17) is 9.47 Å². The Morgan fingerprint density at radius 2 is 1.86 bits per heavy atom. The minimum absolute atomic E-state index is 0.166. The Morgan fingerprint density at radius 3 is 2.66 bits per heavy atom. The summed E-state index contributed by atoms with van der Waals surface area (Å²) in [6, 6.07) is 15.4. The molecule has 0 saturated heterocycles. The maximum absolute atomic E-state index is 12.5. The molecule has 3 rings (SSSR count). The maximum Gasteiger partial charge on any atom is 0.340 e. The molecular formula is C21H20N4O4. The summed E-state index contributed by atoms with van der Waals surface area (Å²) < 4.78 is 10.2. The lowest BCUT2D eigenvalue weighted by molar-refractivity contribution is 0.0527. The molecule has 0 bridgehead atoms. The molecule has 0 unspecified atom stereocenters. The number of methoxy groups -OCH3 is 1. The second kappa shape index (κ2) is 9.32. The fraction of sp³-hybridized carbons (Fsp3) is 0.143. The number of carbonyl (C=O) groups excluding carboxylic acids is 2. The summed E-state index contributed by atoms with van der Waals surface area (Å²) in [4.78, 5) is 32.8. The molecule has 0 atom stereocenters. The Labute approximate surface area is 167 Å². The summed E-state index contributed by atoms with van der Waals surface area (Å²) in [7, 11) is 1.55. The van der Waals surface area contributed by atoms with Crippen LogP contribution in [0.3, 0.4) is 0 Å². The van der Waals surface area contributed by atoms with Crippen molar-refractivity contribution >= 4 is 29.1 Å². The molecule has 0 saturated carbocycles. The molecule has 8 nitrogen and oxygen atoms in total. The average Bonchev–Trinajstić information content (AvgIpc) is 2.74. The van der Waals surface area contributed by atoms with Crippen molar-refractivity contribution in [3.8, 4) is 5.75 Å². The molecule has 148 valence electrons. The molecule has 0 radical (unpaired) electrons. The van der Waals surface area contributed by atoms with Crippen LogP contribution in [-0.2, 0) is 4.74 Å². The van der Waals surface area contributed by atoms with Crippen LogP contribution in [0.5, 0.6) is 5.75 Å². The lowest BCUT2D eigenvalue weighted by atomic mass is 10.2. The molecule has 0 spiro atoms. The third-order valence-electron chi connectivity index (χ3n) is 3.91. The van der Waals surface area contributed by atoms with Gasteiger partial charge in [-0.1, -0.05) is 18.2 Å². The summed E-state index contributed by atoms with van der Waals surface area (Å²) in [6.07, 6.45) is 1.27. The van der Waals surface area contributed by atoms with Gasteiger partial charge in [-0.3, -0.25) is 4.79 Å². The zero-order chi connectivity index (χ0) is 20.6. The van der Waals surface area contributed by atoms with Crippen LogP contribution < -0.4 is 15.4 Å². The van der Waals surface area contributed by atoms with Crippen LogP contribution in [0.4, 0.5) is 17.2 Å². The number of benzene rings is 2. The number of esters is 1. The van der Waals surface area contributed by atoms with E-state index in [1.54, 1.807) is 62.6 Å². The van der Waals surface area contributed by atoms with Gasteiger partial charge in [-0.25, -0.2) is 14.8 Å². The van der Waals surface area contributed by atoms with E-state index in [-0.39, 0.29) is 12.3 Å². The van der Waals surface area contributed by atoms with Crippen LogP contribution in [0.1, 0.15) is 27.8 Å². The highest BCUT2D eigenvalue weighted by atomic mass is 16.5. The fourth-order valence-corrected chi connectivity index (χ4v) is 2.56. The smallest absolute Gasteiger partial charge is 0.340 e. The number of para-hydroxylation sites is 1. The molecular weight excluding hydrogens is 372 g/mol. The predicted octanol–water partition coefficient (Wildman–Crippen LogP) is 3.66. The minimum atomic E-state index is -0.444. The van der Waals surface area contributed by atoms with Crippen LogP contribution in [0.2, 0.25) is 0 Å². The van der Waals surface area contributed by atoms with Gasteiger partial charge in [0, 0.05) is 17.8 Å². The molecule has 1 aromatic heterocycles. The fourth-order valence-electron chi connectivity index (χ4n) is 2.56. The first-order valence-electron chi connectivity index (χ1n) is 8.91. The van der Waals surface area contributed by atoms with E-state index >= 15 is 0 Å². The molecule has 3 aromatic rings. The van der Waals surface area contributed by atoms with Gasteiger partial charge in [-0.2, -0.15) is 0 Å². The summed E-state index contributed by atoms with van der Waals surface area (Å²) in [5.74, 6) is 0.152. The number of hydrogen-bond donors (Lipinski definition) is 2. The topological polar surface area (TPSA) is 102 Å². The van der Waals surface area contributed by atoms with Gasteiger partial charge in [0.15, 0.2) is 0 Å². The Kier molecular flexibility index (Phi) is 6.36. The number of rotatable bonds is 7. The van der Waals surface area contributed by atoms with Gasteiger partial charge in [-0.15, -0.1) is 0 Å². The van der Waals surface area contributed by atoms with Crippen molar-refractivity contribution in [2.24, 2.45) is 0 Å². The Bertz CT molecular complexity index is 1020. The van der Waals surface area contributed by atoms with Crippen molar-refractivity contribution in [3.05, 3.63) is 72.2 Å². The molecule has 0 aliphatic carbocycles. The highest BCUT2D eigenvalue weighted by molar-refractivity contribution is 6.03. The minimum Gasteiger partial charge on any atom is -0.497 e. The molecule has 2 aromatic carbocycles. The number of hydrogen-bond acceptors (Lipinski definition) is 7. The molecule has 0 aliphatic rings. The molecule has 1 heterocycles. The number of carbonyl (C=O) groups is 2. The van der Waals surface area contributed by atoms with Crippen LogP contribution in [-0.4, -0.2) is 35.6 Å². The van der Waals surface area contributed by atoms with E-state index in [1.165, 1.54) is 12.4 Å². The monoisotopic (exact) mass is 392 g/mol. The number of nitrogens with one attached hydrogen (secondary N) is 2. The van der Waals surface area contributed by atoms with Gasteiger partial charge < -0.3 is 20.1 Å². The molecule has 29 heavy (non-hydrogen) atoms. The number of nitrogens with zero attached hydrogens (tertiary/aromatic N) is 2. The maximum atomic E-state index is 12.5. The van der Waals surface area contributed by atoms with Crippen molar-refractivity contribution in [3.63, 3.8) is 0 Å². The van der Waals surface area contributed by atoms with E-state index in [1.807, 2.05) is 0 Å². The Hall–Kier alpha value is -3.94. The van der Waals surface area contributed by atoms with Crippen LogP contribution in [0.25, 0.3) is 0 Å². The number of aromatic nitrogens is 2. The lowest BCUT2D eigenvalue weighted by Crippen LogP contribution is -2.14. The predicted molar refractivity (Wildman–Crippen MR) is 109 cm³/mol. The van der Waals surface area contributed by atoms with Gasteiger partial charge in [0.1, 0.15) is 23.6 Å². The summed E-state index contributed by atoms with van der Waals surface area (Å²) in [5.41, 5.74) is 1.63. The standard InChI is InChI=1S/C21H20N4O4/c1-3-29-21(27)16-9-4-5-10-17(16)25-19-12-18(22-13-23-19)20(26)24-14-7-6-8-15(11-14)28-2/h4-13H,3H2,1-2H3,(H,24,26)(H,22,23,25). The summed E-state index contributed by atoms with van der Waals surface area (Å²) >= 11 is 0. The second-order valence-corrected chi connectivity index (χ2v) is 5.87. The van der Waals surface area contributed by atoms with Crippen LogP contribution in [0, 0.1) is 0 Å². The first-order chi connectivity index (χ1) is 14.1. The summed E-state index contributed by atoms with van der Waals surface area (Å²) in [5, 5.41) is 5.80. The van der Waals surface area contributed by atoms with Crippen molar-refractivity contribution < 1.29 is 19.1 Å². The first-order valence-corrected chi connectivity index (χ1v) is 8.91. The van der Waals surface area contributed by atoms with E-state index in [2.05, 4.69) is 20.6 Å². The third-order valence-corrected chi connectivity index (χ3v) is 3.91. The van der Waals surface area contributed by atoms with Gasteiger partial charge in [-0.05, 0) is 31.2 Å². The first kappa shape index (κ1) is 19.8. The van der Waals surface area contributed by atoms with E-state index in [0.717, 1.165) is 0 Å². The van der Waals surface area contributed by atoms with Gasteiger partial charge in [0.05, 0.1) is 25.0 Å². The molecule has 8 heteroatoms. The van der Waals surface area contributed by atoms with Gasteiger partial charge in [0.25, 0.3) is 5.91 Å². The SMILES string of the molecule is CCOC(=O)c1ccccc1Nc1cc(C(=O)Nc2cccc(OC)c2)ncn1. The summed E-state index contributed by atoms with van der Waals surface area (Å²) in [6.45, 7) is 2.01. The van der Waals surface area contributed by atoms with Crippen LogP contribution >= 0.6 is 0 Å². The highest BCUT2D eigenvalue weighted by Gasteiger charge is 2.14. The Morgan fingerprint density at radius 1 is 1.03 bits per heavy atom. The van der Waals surface area contributed by atoms with Crippen molar-refractivity contribution in [1.29, 1.82) is 0 Å². The molecule has 0 aliphatic heterocycles. The molecule has 2 N–H and O–H groups in total. The van der Waals surface area contributed by atoms with Gasteiger partial charge >= 0.3 is 5.97 Å². The third kappa shape index (κ3) is 5.07. The highest BCUT2D eigenvalue weighted by Crippen LogP contribution is 2.21. The lowest BCUT2D eigenvalue weighted by Gasteiger charge is -2.11. The zero-order valence-corrected chi connectivity index (χ0v) is 16.0. The quantitative estimate of drug-likeness (QED) is 0.592. The van der Waals surface area contributed by atoms with E-state index in [9.17, 15) is 9.59 Å².